The molecule has 0 saturated carbocycles. The van der Waals surface area contributed by atoms with Crippen molar-refractivity contribution in [2.24, 2.45) is 0 Å². The van der Waals surface area contributed by atoms with Gasteiger partial charge in [-0.3, -0.25) is 4.79 Å². The van der Waals surface area contributed by atoms with Gasteiger partial charge in [-0.05, 0) is 11.6 Å². The number of para-hydroxylation sites is 1. The molecule has 0 atom stereocenters. The fourth-order valence-electron chi connectivity index (χ4n) is 2.87. The maximum Gasteiger partial charge on any atom is 0.257 e. The Bertz CT molecular complexity index is 960. The molecule has 0 aliphatic heterocycles. The van der Waals surface area contributed by atoms with Crippen molar-refractivity contribution in [3.05, 3.63) is 71.9 Å². The summed E-state index contributed by atoms with van der Waals surface area (Å²) in [5.41, 5.74) is 2.59. The highest BCUT2D eigenvalue weighted by Crippen LogP contribution is 2.23. The van der Waals surface area contributed by atoms with Crippen LogP contribution in [0.5, 0.6) is 0 Å². The lowest BCUT2D eigenvalue weighted by Gasteiger charge is -2.14. The molecule has 0 aliphatic carbocycles. The molecule has 2 aromatic carbocycles. The van der Waals surface area contributed by atoms with Gasteiger partial charge in [-0.25, -0.2) is 0 Å². The molecule has 1 heterocycles. The second kappa shape index (κ2) is 7.33. The summed E-state index contributed by atoms with van der Waals surface area (Å²) < 4.78 is 2.02. The number of carbonyl (C=O) groups excluding carboxylic acids is 1. The fraction of sp³-hybridized carbons (Fsp3) is 0.150. The fourth-order valence-corrected chi connectivity index (χ4v) is 2.87. The van der Waals surface area contributed by atoms with Gasteiger partial charge in [-0.2, -0.15) is 10.5 Å². The number of carbonyl (C=O) groups is 1. The topological polar surface area (TPSA) is 72.8 Å². The third-order valence-electron chi connectivity index (χ3n) is 4.03. The molecule has 0 N–H and O–H groups in total. The van der Waals surface area contributed by atoms with Gasteiger partial charge in [0.1, 0.15) is 13.1 Å². The van der Waals surface area contributed by atoms with Gasteiger partial charge in [-0.1, -0.05) is 48.5 Å². The van der Waals surface area contributed by atoms with E-state index in [1.54, 1.807) is 0 Å². The molecule has 0 unspecified atom stereocenters. The predicted molar refractivity (Wildman–Crippen MR) is 94.6 cm³/mol. The summed E-state index contributed by atoms with van der Waals surface area (Å²) in [4.78, 5) is 14.1. The molecule has 122 valence electrons. The normalized spacial score (nSPS) is 10.2. The number of hydrogen-bond acceptors (Lipinski definition) is 3. The molecule has 0 fully saturated rings. The largest absolute Gasteiger partial charge is 0.342 e. The van der Waals surface area contributed by atoms with Crippen LogP contribution < -0.4 is 0 Å². The number of nitrogens with zero attached hydrogens (tertiary/aromatic N) is 4. The second-order valence-corrected chi connectivity index (χ2v) is 5.65. The Balaban J connectivity index is 2.03. The van der Waals surface area contributed by atoms with E-state index in [4.69, 9.17) is 10.5 Å². The van der Waals surface area contributed by atoms with E-state index in [9.17, 15) is 4.79 Å². The van der Waals surface area contributed by atoms with Crippen LogP contribution in [0.2, 0.25) is 0 Å². The van der Waals surface area contributed by atoms with Crippen LogP contribution in [0, 0.1) is 22.7 Å². The van der Waals surface area contributed by atoms with Crippen LogP contribution in [0.1, 0.15) is 15.9 Å². The Labute approximate surface area is 145 Å². The molecule has 25 heavy (non-hydrogen) atoms. The van der Waals surface area contributed by atoms with E-state index < -0.39 is 0 Å². The number of rotatable bonds is 5. The third kappa shape index (κ3) is 3.36. The number of fused-ring (bicyclic) bond motifs is 1. The van der Waals surface area contributed by atoms with Crippen molar-refractivity contribution in [3.63, 3.8) is 0 Å². The van der Waals surface area contributed by atoms with Gasteiger partial charge in [0.25, 0.3) is 5.91 Å². The summed E-state index contributed by atoms with van der Waals surface area (Å²) in [5, 5.41) is 18.7. The maximum absolute atomic E-state index is 12.8. The lowest BCUT2D eigenvalue weighted by molar-refractivity contribution is 0.0796. The van der Waals surface area contributed by atoms with Crippen LogP contribution in [0.25, 0.3) is 10.9 Å². The summed E-state index contributed by atoms with van der Waals surface area (Å²) in [6.45, 7) is 0.431. The van der Waals surface area contributed by atoms with Gasteiger partial charge in [0, 0.05) is 23.6 Å². The van der Waals surface area contributed by atoms with E-state index in [-0.39, 0.29) is 19.0 Å². The quantitative estimate of drug-likeness (QED) is 0.675. The molecule has 1 amide bonds. The predicted octanol–water partition coefficient (Wildman–Crippen LogP) is 3.18. The zero-order chi connectivity index (χ0) is 17.6. The van der Waals surface area contributed by atoms with Crippen molar-refractivity contribution in [1.82, 2.24) is 9.47 Å². The van der Waals surface area contributed by atoms with Gasteiger partial charge in [0.15, 0.2) is 0 Å². The SMILES string of the molecule is N#CCN(CC#N)C(=O)c1cn(Cc2ccccc2)c2ccccc12. The average Bonchev–Trinajstić information content (AvgIpc) is 3.00. The van der Waals surface area contributed by atoms with Crippen molar-refractivity contribution in [2.75, 3.05) is 13.1 Å². The highest BCUT2D eigenvalue weighted by atomic mass is 16.2. The Morgan fingerprint density at radius 3 is 2.28 bits per heavy atom. The Hall–Kier alpha value is -3.57. The Kier molecular flexibility index (Phi) is 4.78. The zero-order valence-electron chi connectivity index (χ0n) is 13.6. The zero-order valence-corrected chi connectivity index (χ0v) is 13.6. The first kappa shape index (κ1) is 16.3. The summed E-state index contributed by atoms with van der Waals surface area (Å²) in [6, 6.07) is 21.6. The van der Waals surface area contributed by atoms with E-state index >= 15 is 0 Å². The van der Waals surface area contributed by atoms with Gasteiger partial charge in [0.2, 0.25) is 0 Å². The lowest BCUT2D eigenvalue weighted by atomic mass is 10.1. The van der Waals surface area contributed by atoms with Crippen LogP contribution in [-0.2, 0) is 6.54 Å². The van der Waals surface area contributed by atoms with Crippen LogP contribution >= 0.6 is 0 Å². The molecule has 5 nitrogen and oxygen atoms in total. The van der Waals surface area contributed by atoms with Gasteiger partial charge in [-0.15, -0.1) is 0 Å². The number of amides is 1. The van der Waals surface area contributed by atoms with Crippen LogP contribution in [0.15, 0.2) is 60.8 Å². The Morgan fingerprint density at radius 2 is 1.60 bits per heavy atom. The molecule has 3 aromatic rings. The molecule has 5 heteroatoms. The van der Waals surface area contributed by atoms with E-state index in [0.29, 0.717) is 12.1 Å². The summed E-state index contributed by atoms with van der Waals surface area (Å²) in [6.07, 6.45) is 1.81. The van der Waals surface area contributed by atoms with Crippen molar-refractivity contribution in [3.8, 4) is 12.1 Å². The molecule has 0 bridgehead atoms. The molecular weight excluding hydrogens is 312 g/mol. The first-order chi connectivity index (χ1) is 12.2. The second-order valence-electron chi connectivity index (χ2n) is 5.65. The number of hydrogen-bond donors (Lipinski definition) is 0. The van der Waals surface area contributed by atoms with E-state index in [0.717, 1.165) is 16.5 Å². The van der Waals surface area contributed by atoms with Crippen LogP contribution in [0.3, 0.4) is 0 Å². The monoisotopic (exact) mass is 328 g/mol. The summed E-state index contributed by atoms with van der Waals surface area (Å²) in [7, 11) is 0. The molecule has 0 saturated heterocycles. The summed E-state index contributed by atoms with van der Waals surface area (Å²) in [5.74, 6) is -0.300. The minimum atomic E-state index is -0.300. The molecular formula is C20H16N4O. The highest BCUT2D eigenvalue weighted by molar-refractivity contribution is 6.07. The first-order valence-electron chi connectivity index (χ1n) is 7.89. The molecule has 0 spiro atoms. The molecule has 0 aliphatic rings. The van der Waals surface area contributed by atoms with E-state index in [2.05, 4.69) is 0 Å². The smallest absolute Gasteiger partial charge is 0.257 e. The Morgan fingerprint density at radius 1 is 0.960 bits per heavy atom. The number of aromatic nitrogens is 1. The third-order valence-corrected chi connectivity index (χ3v) is 4.03. The van der Waals surface area contributed by atoms with Crippen LogP contribution in [-0.4, -0.2) is 28.5 Å². The van der Waals surface area contributed by atoms with Gasteiger partial charge in [0.05, 0.1) is 17.7 Å². The minimum Gasteiger partial charge on any atom is -0.342 e. The summed E-state index contributed by atoms with van der Waals surface area (Å²) >= 11 is 0. The van der Waals surface area contributed by atoms with Crippen LogP contribution in [0.4, 0.5) is 0 Å². The maximum atomic E-state index is 12.8. The first-order valence-corrected chi connectivity index (χ1v) is 7.89. The highest BCUT2D eigenvalue weighted by Gasteiger charge is 2.20. The van der Waals surface area contributed by atoms with Crippen molar-refractivity contribution >= 4 is 16.8 Å². The molecule has 0 radical (unpaired) electrons. The molecule has 1 aromatic heterocycles. The standard InChI is InChI=1S/C20H16N4O/c21-10-12-23(13-11-22)20(25)18-15-24(14-16-6-2-1-3-7-16)19-9-5-4-8-17(18)19/h1-9,15H,12-14H2. The van der Waals surface area contributed by atoms with Crippen molar-refractivity contribution in [1.29, 1.82) is 10.5 Å². The average molecular weight is 328 g/mol. The van der Waals surface area contributed by atoms with Crippen molar-refractivity contribution < 1.29 is 4.79 Å². The van der Waals surface area contributed by atoms with Gasteiger partial charge >= 0.3 is 0 Å². The van der Waals surface area contributed by atoms with Gasteiger partial charge < -0.3 is 9.47 Å². The van der Waals surface area contributed by atoms with E-state index in [1.165, 1.54) is 4.90 Å². The number of benzene rings is 2. The lowest BCUT2D eigenvalue weighted by Crippen LogP contribution is -2.31. The molecule has 3 rings (SSSR count). The number of nitriles is 2. The van der Waals surface area contributed by atoms with E-state index in [1.807, 2.05) is 77.5 Å². The van der Waals surface area contributed by atoms with Crippen molar-refractivity contribution in [2.45, 2.75) is 6.54 Å². The minimum absolute atomic E-state index is 0.107.